The van der Waals surface area contributed by atoms with Gasteiger partial charge in [-0.15, -0.1) is 0 Å². The zero-order valence-electron chi connectivity index (χ0n) is 17.5. The van der Waals surface area contributed by atoms with Crippen molar-refractivity contribution in [1.29, 1.82) is 0 Å². The van der Waals surface area contributed by atoms with Crippen molar-refractivity contribution in [3.8, 4) is 0 Å². The lowest BCUT2D eigenvalue weighted by Crippen LogP contribution is -2.48. The average molecular weight is 485 g/mol. The van der Waals surface area contributed by atoms with Gasteiger partial charge in [0.1, 0.15) is 5.60 Å². The van der Waals surface area contributed by atoms with Gasteiger partial charge in [0, 0.05) is 13.2 Å². The monoisotopic (exact) mass is 485 g/mol. The van der Waals surface area contributed by atoms with Crippen molar-refractivity contribution < 1.29 is 44.3 Å². The third-order valence-corrected chi connectivity index (χ3v) is 5.72. The summed E-state index contributed by atoms with van der Waals surface area (Å²) in [5.74, 6) is 0. The van der Waals surface area contributed by atoms with Crippen molar-refractivity contribution in [2.75, 3.05) is 13.7 Å². The molecule has 0 aliphatic carbocycles. The van der Waals surface area contributed by atoms with E-state index >= 15 is 0 Å². The molecule has 1 saturated heterocycles. The van der Waals surface area contributed by atoms with E-state index in [-0.39, 0.29) is 23.6 Å². The quantitative estimate of drug-likeness (QED) is 0.487. The molecule has 3 rings (SSSR count). The van der Waals surface area contributed by atoms with E-state index in [1.807, 2.05) is 0 Å². The highest BCUT2D eigenvalue weighted by Crippen LogP contribution is 2.46. The standard InChI is InChI=1S/C22H20F9NO/c1-12-6-13(8-15(7-12)20(23,24)25)19(33-2,18-4-3-5-32-18)14-9-16(21(26,27)28)11-17(10-14)22(29,30)31/h6-11,18,32H,3-5H2,1-2H3/t18-,19?/m0/s1. The molecule has 33 heavy (non-hydrogen) atoms. The Kier molecular flexibility index (Phi) is 6.53. The van der Waals surface area contributed by atoms with Gasteiger partial charge in [-0.05, 0) is 67.8 Å². The van der Waals surface area contributed by atoms with Crippen LogP contribution < -0.4 is 5.32 Å². The number of aryl methyl sites for hydroxylation is 1. The van der Waals surface area contributed by atoms with Crippen LogP contribution in [0.15, 0.2) is 36.4 Å². The van der Waals surface area contributed by atoms with Crippen LogP contribution in [0.2, 0.25) is 0 Å². The number of ether oxygens (including phenoxy) is 1. The van der Waals surface area contributed by atoms with Crippen LogP contribution in [0.1, 0.15) is 46.2 Å². The number of rotatable bonds is 4. The highest BCUT2D eigenvalue weighted by Gasteiger charge is 2.48. The minimum absolute atomic E-state index is 0.0244. The predicted molar refractivity (Wildman–Crippen MR) is 101 cm³/mol. The molecule has 1 aliphatic rings. The molecular formula is C22H20F9NO. The zero-order chi connectivity index (χ0) is 24.8. The first-order valence-corrected chi connectivity index (χ1v) is 9.87. The number of halogens is 9. The summed E-state index contributed by atoms with van der Waals surface area (Å²) < 4.78 is 127. The van der Waals surface area contributed by atoms with Crippen LogP contribution in [-0.4, -0.2) is 19.7 Å². The zero-order valence-corrected chi connectivity index (χ0v) is 17.5. The molecule has 2 aromatic carbocycles. The molecule has 0 spiro atoms. The normalized spacial score (nSPS) is 19.5. The van der Waals surface area contributed by atoms with E-state index in [0.717, 1.165) is 13.2 Å². The Morgan fingerprint density at radius 3 is 1.48 bits per heavy atom. The van der Waals surface area contributed by atoms with Gasteiger partial charge >= 0.3 is 18.5 Å². The van der Waals surface area contributed by atoms with Crippen LogP contribution in [0, 0.1) is 6.92 Å². The first kappa shape index (κ1) is 25.4. The molecule has 2 aromatic rings. The largest absolute Gasteiger partial charge is 0.416 e. The fourth-order valence-electron chi connectivity index (χ4n) is 4.31. The lowest BCUT2D eigenvalue weighted by molar-refractivity contribution is -0.143. The second kappa shape index (κ2) is 8.50. The van der Waals surface area contributed by atoms with Crippen molar-refractivity contribution in [2.45, 2.75) is 49.9 Å². The topological polar surface area (TPSA) is 21.3 Å². The van der Waals surface area contributed by atoms with Crippen LogP contribution in [0.4, 0.5) is 39.5 Å². The van der Waals surface area contributed by atoms with E-state index in [1.165, 1.54) is 13.0 Å². The van der Waals surface area contributed by atoms with Gasteiger partial charge in [-0.1, -0.05) is 11.6 Å². The van der Waals surface area contributed by atoms with Gasteiger partial charge in [0.2, 0.25) is 0 Å². The van der Waals surface area contributed by atoms with Gasteiger partial charge in [0.05, 0.1) is 16.7 Å². The van der Waals surface area contributed by atoms with Gasteiger partial charge in [-0.25, -0.2) is 0 Å². The molecule has 1 aliphatic heterocycles. The third kappa shape index (κ3) is 4.98. The molecule has 11 heteroatoms. The van der Waals surface area contributed by atoms with Gasteiger partial charge in [-0.2, -0.15) is 39.5 Å². The second-order valence-electron chi connectivity index (χ2n) is 7.97. The SMILES string of the molecule is COC(c1cc(C)cc(C(F)(F)F)c1)(c1cc(C(F)(F)F)cc(C(F)(F)F)c1)[C@@H]1CCCN1. The van der Waals surface area contributed by atoms with E-state index in [0.29, 0.717) is 31.2 Å². The Morgan fingerprint density at radius 1 is 0.697 bits per heavy atom. The second-order valence-corrected chi connectivity index (χ2v) is 7.97. The summed E-state index contributed by atoms with van der Waals surface area (Å²) in [4.78, 5) is 0. The fraction of sp³-hybridized carbons (Fsp3) is 0.455. The highest BCUT2D eigenvalue weighted by atomic mass is 19.4. The van der Waals surface area contributed by atoms with E-state index in [9.17, 15) is 39.5 Å². The molecule has 0 bridgehead atoms. The van der Waals surface area contributed by atoms with Gasteiger partial charge in [-0.3, -0.25) is 0 Å². The average Bonchev–Trinajstić information content (AvgIpc) is 3.21. The van der Waals surface area contributed by atoms with E-state index in [1.54, 1.807) is 0 Å². The van der Waals surface area contributed by atoms with Gasteiger partial charge in [0.15, 0.2) is 0 Å². The smallest absolute Gasteiger partial charge is 0.367 e. The number of nitrogens with one attached hydrogen (secondary N) is 1. The van der Waals surface area contributed by atoms with Crippen LogP contribution in [0.5, 0.6) is 0 Å². The Morgan fingerprint density at radius 2 is 1.09 bits per heavy atom. The van der Waals surface area contributed by atoms with Crippen LogP contribution in [0.25, 0.3) is 0 Å². The van der Waals surface area contributed by atoms with Crippen molar-refractivity contribution in [1.82, 2.24) is 5.32 Å². The van der Waals surface area contributed by atoms with Crippen molar-refractivity contribution in [2.24, 2.45) is 0 Å². The lowest BCUT2D eigenvalue weighted by atomic mass is 9.77. The molecule has 2 atom stereocenters. The molecule has 1 heterocycles. The molecule has 1 fully saturated rings. The van der Waals surface area contributed by atoms with Crippen LogP contribution in [0.3, 0.4) is 0 Å². The molecule has 0 amide bonds. The third-order valence-electron chi connectivity index (χ3n) is 5.72. The van der Waals surface area contributed by atoms with Gasteiger partial charge in [0.25, 0.3) is 0 Å². The number of hydrogen-bond acceptors (Lipinski definition) is 2. The fourth-order valence-corrected chi connectivity index (χ4v) is 4.31. The summed E-state index contributed by atoms with van der Waals surface area (Å²) in [6.07, 6.45) is -14.3. The maximum Gasteiger partial charge on any atom is 0.416 e. The summed E-state index contributed by atoms with van der Waals surface area (Å²) in [5, 5.41) is 2.97. The summed E-state index contributed by atoms with van der Waals surface area (Å²) in [6.45, 7) is 1.73. The molecule has 0 aromatic heterocycles. The molecule has 0 radical (unpaired) electrons. The minimum atomic E-state index is -5.12. The Bertz CT molecular complexity index is 972. The van der Waals surface area contributed by atoms with Crippen molar-refractivity contribution in [3.63, 3.8) is 0 Å². The lowest BCUT2D eigenvalue weighted by Gasteiger charge is -2.40. The van der Waals surface area contributed by atoms with E-state index in [4.69, 9.17) is 4.74 Å². The highest BCUT2D eigenvalue weighted by molar-refractivity contribution is 5.47. The van der Waals surface area contributed by atoms with E-state index in [2.05, 4.69) is 5.32 Å². The molecular weight excluding hydrogens is 465 g/mol. The Labute approximate surface area is 183 Å². The summed E-state index contributed by atoms with van der Waals surface area (Å²) in [5.41, 5.74) is -6.87. The summed E-state index contributed by atoms with van der Waals surface area (Å²) >= 11 is 0. The van der Waals surface area contributed by atoms with Gasteiger partial charge < -0.3 is 10.1 Å². The number of hydrogen-bond donors (Lipinski definition) is 1. The molecule has 182 valence electrons. The molecule has 1 N–H and O–H groups in total. The first-order chi connectivity index (χ1) is 15.1. The number of methoxy groups -OCH3 is 1. The number of benzene rings is 2. The summed E-state index contributed by atoms with van der Waals surface area (Å²) in [6, 6.07) is 2.97. The van der Waals surface area contributed by atoms with Crippen LogP contribution in [-0.2, 0) is 28.9 Å². The van der Waals surface area contributed by atoms with E-state index < -0.39 is 52.4 Å². The minimum Gasteiger partial charge on any atom is -0.367 e. The molecule has 1 unspecified atom stereocenters. The Balaban J connectivity index is 2.39. The molecule has 0 saturated carbocycles. The van der Waals surface area contributed by atoms with Crippen LogP contribution >= 0.6 is 0 Å². The predicted octanol–water partition coefficient (Wildman–Crippen LogP) is 6.69. The maximum atomic E-state index is 13.5. The number of alkyl halides is 9. The first-order valence-electron chi connectivity index (χ1n) is 9.87. The summed E-state index contributed by atoms with van der Waals surface area (Å²) in [7, 11) is 1.06. The Hall–Kier alpha value is -2.27. The maximum absolute atomic E-state index is 13.5. The molecule has 2 nitrogen and oxygen atoms in total. The van der Waals surface area contributed by atoms with Crippen molar-refractivity contribution >= 4 is 0 Å². The van der Waals surface area contributed by atoms with Crippen molar-refractivity contribution in [3.05, 3.63) is 69.8 Å².